The van der Waals surface area contributed by atoms with Crippen LogP contribution in [0.3, 0.4) is 0 Å². The molecule has 2 aromatic rings. The van der Waals surface area contributed by atoms with Crippen LogP contribution in [0.4, 0.5) is 0 Å². The van der Waals surface area contributed by atoms with Crippen LogP contribution in [0.2, 0.25) is 5.02 Å². The third kappa shape index (κ3) is 2.93. The summed E-state index contributed by atoms with van der Waals surface area (Å²) >= 11 is 5.96. The molecule has 2 fully saturated rings. The Labute approximate surface area is 151 Å². The Morgan fingerprint density at radius 1 is 0.960 bits per heavy atom. The first-order valence-electron chi connectivity index (χ1n) is 8.47. The number of carbonyl (C=O) groups excluding carboxylic acids is 2. The molecule has 0 radical (unpaired) electrons. The Bertz CT molecular complexity index is 774. The molecule has 1 aromatic heterocycles. The maximum Gasteiger partial charge on any atom is 0.257 e. The molecule has 25 heavy (non-hydrogen) atoms. The topological polar surface area (TPSA) is 53.8 Å². The Morgan fingerprint density at radius 3 is 2.16 bits per heavy atom. The molecule has 4 rings (SSSR count). The van der Waals surface area contributed by atoms with E-state index in [0.717, 1.165) is 18.4 Å². The van der Waals surface area contributed by atoms with E-state index in [1.807, 2.05) is 29.2 Å². The predicted octanol–water partition coefficient (Wildman–Crippen LogP) is 2.95. The van der Waals surface area contributed by atoms with Crippen LogP contribution in [0, 0.1) is 0 Å². The van der Waals surface area contributed by atoms with Gasteiger partial charge in [-0.2, -0.15) is 0 Å². The number of carbonyl (C=O) groups is 2. The number of piperazine rings is 1. The summed E-state index contributed by atoms with van der Waals surface area (Å²) in [7, 11) is 0. The largest absolute Gasteiger partial charge is 0.472 e. The van der Waals surface area contributed by atoms with Gasteiger partial charge in [-0.1, -0.05) is 23.7 Å². The maximum atomic E-state index is 13.0. The summed E-state index contributed by atoms with van der Waals surface area (Å²) in [5.74, 6) is 0.130. The minimum atomic E-state index is -0.388. The average Bonchev–Trinajstić information content (AvgIpc) is 3.27. The van der Waals surface area contributed by atoms with Crippen molar-refractivity contribution in [2.75, 3.05) is 26.2 Å². The second-order valence-electron chi connectivity index (χ2n) is 6.69. The molecule has 6 heteroatoms. The lowest BCUT2D eigenvalue weighted by Crippen LogP contribution is -2.52. The first-order valence-corrected chi connectivity index (χ1v) is 8.85. The molecule has 5 nitrogen and oxygen atoms in total. The van der Waals surface area contributed by atoms with Crippen LogP contribution in [0.25, 0.3) is 0 Å². The van der Waals surface area contributed by atoms with Gasteiger partial charge in [0.1, 0.15) is 6.26 Å². The van der Waals surface area contributed by atoms with E-state index in [9.17, 15) is 9.59 Å². The number of amides is 2. The van der Waals surface area contributed by atoms with Crippen molar-refractivity contribution in [2.45, 2.75) is 18.3 Å². The van der Waals surface area contributed by atoms with Gasteiger partial charge in [-0.15, -0.1) is 0 Å². The van der Waals surface area contributed by atoms with Crippen molar-refractivity contribution in [3.8, 4) is 0 Å². The van der Waals surface area contributed by atoms with Crippen molar-refractivity contribution < 1.29 is 14.0 Å². The van der Waals surface area contributed by atoms with Crippen LogP contribution in [0.15, 0.2) is 47.3 Å². The second kappa shape index (κ2) is 6.23. The molecule has 2 aliphatic rings. The fourth-order valence-corrected chi connectivity index (χ4v) is 3.63. The molecule has 1 saturated carbocycles. The SMILES string of the molecule is O=C(c1ccoc1)N1CCN(C(=O)C2(c3ccc(Cl)cc3)CC2)CC1. The summed E-state index contributed by atoms with van der Waals surface area (Å²) in [6.07, 6.45) is 4.71. The van der Waals surface area contributed by atoms with E-state index in [-0.39, 0.29) is 17.2 Å². The van der Waals surface area contributed by atoms with Crippen LogP contribution < -0.4 is 0 Å². The number of benzene rings is 1. The second-order valence-corrected chi connectivity index (χ2v) is 7.12. The van der Waals surface area contributed by atoms with Gasteiger partial charge in [-0.25, -0.2) is 0 Å². The molecule has 0 atom stereocenters. The highest BCUT2D eigenvalue weighted by molar-refractivity contribution is 6.30. The van der Waals surface area contributed by atoms with Crippen LogP contribution in [-0.2, 0) is 10.2 Å². The van der Waals surface area contributed by atoms with E-state index < -0.39 is 0 Å². The lowest BCUT2D eigenvalue weighted by atomic mass is 9.94. The van der Waals surface area contributed by atoms with Gasteiger partial charge in [-0.05, 0) is 36.6 Å². The summed E-state index contributed by atoms with van der Waals surface area (Å²) in [6, 6.07) is 9.24. The van der Waals surface area contributed by atoms with E-state index in [4.69, 9.17) is 16.0 Å². The van der Waals surface area contributed by atoms with Gasteiger partial charge >= 0.3 is 0 Å². The number of halogens is 1. The van der Waals surface area contributed by atoms with E-state index in [2.05, 4.69) is 0 Å². The minimum Gasteiger partial charge on any atom is -0.472 e. The lowest BCUT2D eigenvalue weighted by molar-refractivity contribution is -0.135. The molecule has 0 spiro atoms. The van der Waals surface area contributed by atoms with Gasteiger partial charge in [0.15, 0.2) is 0 Å². The molecule has 2 amide bonds. The Balaban J connectivity index is 1.41. The lowest BCUT2D eigenvalue weighted by Gasteiger charge is -2.36. The van der Waals surface area contributed by atoms with Gasteiger partial charge in [0.25, 0.3) is 5.91 Å². The number of rotatable bonds is 3. The molecular weight excluding hydrogens is 340 g/mol. The van der Waals surface area contributed by atoms with Crippen LogP contribution in [-0.4, -0.2) is 47.8 Å². The van der Waals surface area contributed by atoms with Crippen molar-refractivity contribution in [3.63, 3.8) is 0 Å². The summed E-state index contributed by atoms with van der Waals surface area (Å²) < 4.78 is 4.97. The van der Waals surface area contributed by atoms with Crippen molar-refractivity contribution in [2.24, 2.45) is 0 Å². The molecule has 0 bridgehead atoms. The molecule has 1 saturated heterocycles. The zero-order valence-electron chi connectivity index (χ0n) is 13.8. The number of hydrogen-bond acceptors (Lipinski definition) is 3. The highest BCUT2D eigenvalue weighted by atomic mass is 35.5. The van der Waals surface area contributed by atoms with Gasteiger partial charge in [0.05, 0.1) is 17.2 Å². The maximum absolute atomic E-state index is 13.0. The van der Waals surface area contributed by atoms with Gasteiger partial charge in [0.2, 0.25) is 5.91 Å². The summed E-state index contributed by atoms with van der Waals surface area (Å²) in [4.78, 5) is 29.1. The number of furan rings is 1. The zero-order chi connectivity index (χ0) is 17.4. The fourth-order valence-electron chi connectivity index (χ4n) is 3.50. The summed E-state index contributed by atoms with van der Waals surface area (Å²) in [5, 5.41) is 0.679. The van der Waals surface area contributed by atoms with E-state index in [1.165, 1.54) is 12.5 Å². The minimum absolute atomic E-state index is 0.0420. The van der Waals surface area contributed by atoms with Crippen molar-refractivity contribution in [3.05, 3.63) is 59.0 Å². The molecule has 1 aliphatic carbocycles. The van der Waals surface area contributed by atoms with Crippen molar-refractivity contribution >= 4 is 23.4 Å². The zero-order valence-corrected chi connectivity index (χ0v) is 14.5. The van der Waals surface area contributed by atoms with E-state index >= 15 is 0 Å². The molecule has 2 heterocycles. The first kappa shape index (κ1) is 16.2. The third-order valence-electron chi connectivity index (χ3n) is 5.18. The van der Waals surface area contributed by atoms with Crippen LogP contribution in [0.1, 0.15) is 28.8 Å². The molecule has 0 unspecified atom stereocenters. The van der Waals surface area contributed by atoms with Crippen molar-refractivity contribution in [1.82, 2.24) is 9.80 Å². The molecule has 130 valence electrons. The molecule has 1 aliphatic heterocycles. The Hall–Kier alpha value is -2.27. The first-order chi connectivity index (χ1) is 12.1. The third-order valence-corrected chi connectivity index (χ3v) is 5.43. The Kier molecular flexibility index (Phi) is 4.04. The van der Waals surface area contributed by atoms with Gasteiger partial charge in [0, 0.05) is 31.2 Å². The fraction of sp³-hybridized carbons (Fsp3) is 0.368. The van der Waals surface area contributed by atoms with Crippen molar-refractivity contribution in [1.29, 1.82) is 0 Å². The van der Waals surface area contributed by atoms with Gasteiger partial charge < -0.3 is 14.2 Å². The average molecular weight is 359 g/mol. The number of hydrogen-bond donors (Lipinski definition) is 0. The molecular formula is C19H19ClN2O3. The highest BCUT2D eigenvalue weighted by Gasteiger charge is 2.53. The molecule has 1 aromatic carbocycles. The monoisotopic (exact) mass is 358 g/mol. The van der Waals surface area contributed by atoms with E-state index in [1.54, 1.807) is 11.0 Å². The van der Waals surface area contributed by atoms with Crippen LogP contribution in [0.5, 0.6) is 0 Å². The number of nitrogens with zero attached hydrogens (tertiary/aromatic N) is 2. The molecule has 0 N–H and O–H groups in total. The summed E-state index contributed by atoms with van der Waals surface area (Å²) in [5.41, 5.74) is 1.21. The summed E-state index contributed by atoms with van der Waals surface area (Å²) in [6.45, 7) is 2.23. The standard InChI is InChI=1S/C19H19ClN2O3/c20-16-3-1-15(2-4-16)19(6-7-19)18(24)22-10-8-21(9-11-22)17(23)14-5-12-25-13-14/h1-5,12-13H,6-11H2. The Morgan fingerprint density at radius 2 is 1.60 bits per heavy atom. The quantitative estimate of drug-likeness (QED) is 0.847. The van der Waals surface area contributed by atoms with E-state index in [0.29, 0.717) is 36.8 Å². The predicted molar refractivity (Wildman–Crippen MR) is 93.6 cm³/mol. The van der Waals surface area contributed by atoms with Crippen LogP contribution >= 0.6 is 11.6 Å². The normalized spacial score (nSPS) is 18.9. The van der Waals surface area contributed by atoms with Gasteiger partial charge in [-0.3, -0.25) is 9.59 Å². The highest BCUT2D eigenvalue weighted by Crippen LogP contribution is 2.49. The smallest absolute Gasteiger partial charge is 0.257 e.